The zero-order chi connectivity index (χ0) is 19.3. The maximum atomic E-state index is 12.7. The normalized spacial score (nSPS) is 62.6. The second-order valence-electron chi connectivity index (χ2n) is 12.2. The van der Waals surface area contributed by atoms with Gasteiger partial charge in [0.15, 0.2) is 0 Å². The van der Waals surface area contributed by atoms with Crippen LogP contribution >= 0.6 is 11.8 Å². The predicted molar refractivity (Wildman–Crippen MR) is 114 cm³/mol. The van der Waals surface area contributed by atoms with Crippen LogP contribution in [0.5, 0.6) is 0 Å². The fourth-order valence-corrected chi connectivity index (χ4v) is 11.2. The summed E-state index contributed by atoms with van der Waals surface area (Å²) < 4.78 is 5.37. The molecule has 28 heavy (non-hydrogen) atoms. The number of ether oxygens (including phenoxy) is 1. The molecule has 7 unspecified atom stereocenters. The standard InChI is InChI=1S/C25H39O2S/c1-23-10-9-20-17(5-4-16-12-21-22(28-21)14-24(16,20)2)19(23)7-6-18(23)15-8-11-25(26,13-15)27-3/h15-22H,4-14H2,1-3H3/t15-,16+,17?,18?,19?,20?,21?,22?,23-,24+,25?/m1/s1. The molecular weight excluding hydrogens is 364 g/mol. The molecule has 0 bridgehead atoms. The van der Waals surface area contributed by atoms with E-state index in [1.165, 1.54) is 51.4 Å². The summed E-state index contributed by atoms with van der Waals surface area (Å²) in [5.41, 5.74) is 1.14. The van der Waals surface area contributed by atoms with E-state index in [1.54, 1.807) is 7.11 Å². The topological polar surface area (TPSA) is 29.1 Å². The second-order valence-corrected chi connectivity index (χ2v) is 13.6. The van der Waals surface area contributed by atoms with Gasteiger partial charge in [-0.3, -0.25) is 0 Å². The fraction of sp³-hybridized carbons (Fsp3) is 1.00. The molecule has 0 spiro atoms. The van der Waals surface area contributed by atoms with Gasteiger partial charge in [-0.05, 0) is 104 Å². The summed E-state index contributed by atoms with van der Waals surface area (Å²) >= 11 is 2.30. The van der Waals surface area contributed by atoms with Crippen LogP contribution in [-0.2, 0) is 9.84 Å². The highest BCUT2D eigenvalue weighted by molar-refractivity contribution is 8.07. The summed E-state index contributed by atoms with van der Waals surface area (Å²) in [7, 11) is 1.63. The average Bonchev–Trinajstić information content (AvgIpc) is 3.14. The molecule has 5 aliphatic carbocycles. The summed E-state index contributed by atoms with van der Waals surface area (Å²) in [4.78, 5) is 0. The molecule has 1 aliphatic heterocycles. The minimum atomic E-state index is -1.08. The Morgan fingerprint density at radius 3 is 2.39 bits per heavy atom. The lowest BCUT2D eigenvalue weighted by Crippen LogP contribution is -2.54. The lowest BCUT2D eigenvalue weighted by Gasteiger charge is -2.60. The van der Waals surface area contributed by atoms with Crippen LogP contribution in [0.4, 0.5) is 0 Å². The van der Waals surface area contributed by atoms with Crippen molar-refractivity contribution in [3.05, 3.63) is 0 Å². The van der Waals surface area contributed by atoms with E-state index in [-0.39, 0.29) is 0 Å². The van der Waals surface area contributed by atoms with Crippen LogP contribution in [0.3, 0.4) is 0 Å². The van der Waals surface area contributed by atoms with Crippen LogP contribution in [0.1, 0.15) is 84.5 Å². The van der Waals surface area contributed by atoms with Crippen molar-refractivity contribution in [2.24, 2.45) is 46.3 Å². The predicted octanol–water partition coefficient (Wildman–Crippen LogP) is 6.31. The summed E-state index contributed by atoms with van der Waals surface area (Å²) in [5.74, 6) is 4.24. The maximum absolute atomic E-state index is 12.7. The fourth-order valence-electron chi connectivity index (χ4n) is 9.87. The molecule has 0 amide bonds. The van der Waals surface area contributed by atoms with Gasteiger partial charge in [0, 0.05) is 30.5 Å². The molecule has 3 heteroatoms. The molecular formula is C25H39O2S. The molecule has 5 saturated carbocycles. The number of hydrogen-bond acceptors (Lipinski definition) is 2. The first-order valence-electron chi connectivity index (χ1n) is 12.3. The number of thioether (sulfide) groups is 1. The van der Waals surface area contributed by atoms with Crippen molar-refractivity contribution in [2.75, 3.05) is 7.11 Å². The molecule has 1 heterocycles. The minimum Gasteiger partial charge on any atom is -0.351 e. The monoisotopic (exact) mass is 403 g/mol. The zero-order valence-corrected chi connectivity index (χ0v) is 18.9. The Bertz CT molecular complexity index is 652. The smallest absolute Gasteiger partial charge is 0.201 e. The Hall–Kier alpha value is 0.270. The van der Waals surface area contributed by atoms with Crippen LogP contribution in [-0.4, -0.2) is 23.4 Å². The maximum Gasteiger partial charge on any atom is 0.201 e. The highest BCUT2D eigenvalue weighted by Gasteiger charge is 2.64. The Kier molecular flexibility index (Phi) is 4.18. The Morgan fingerprint density at radius 2 is 1.61 bits per heavy atom. The van der Waals surface area contributed by atoms with Crippen LogP contribution in [0.25, 0.3) is 0 Å². The number of rotatable bonds is 2. The Balaban J connectivity index is 1.24. The van der Waals surface area contributed by atoms with Gasteiger partial charge in [0.2, 0.25) is 5.79 Å². The van der Waals surface area contributed by atoms with Crippen molar-refractivity contribution < 1.29 is 9.84 Å². The third-order valence-corrected chi connectivity index (χ3v) is 12.8. The first kappa shape index (κ1) is 19.0. The molecule has 0 aromatic carbocycles. The van der Waals surface area contributed by atoms with Crippen molar-refractivity contribution in [2.45, 2.75) is 101 Å². The van der Waals surface area contributed by atoms with Crippen LogP contribution in [0, 0.1) is 46.3 Å². The molecule has 1 saturated heterocycles. The van der Waals surface area contributed by atoms with Crippen molar-refractivity contribution in [3.8, 4) is 0 Å². The van der Waals surface area contributed by atoms with Crippen LogP contribution < -0.4 is 0 Å². The van der Waals surface area contributed by atoms with Gasteiger partial charge in [-0.2, -0.15) is 16.9 Å². The SMILES string of the molecule is COC1([O])CC[C@@H](C2CCC3C4CC[C@H]5CC6SC6C[C@]5(C)C4CC[C@@]32C)C1. The van der Waals surface area contributed by atoms with Crippen molar-refractivity contribution in [3.63, 3.8) is 0 Å². The number of fused-ring (bicyclic) bond motifs is 6. The molecule has 6 rings (SSSR count). The summed E-state index contributed by atoms with van der Waals surface area (Å²) in [6.07, 6.45) is 14.4. The lowest BCUT2D eigenvalue weighted by atomic mass is 9.44. The molecule has 2 nitrogen and oxygen atoms in total. The first-order valence-corrected chi connectivity index (χ1v) is 13.2. The van der Waals surface area contributed by atoms with Gasteiger partial charge in [0.05, 0.1) is 0 Å². The number of methoxy groups -OCH3 is 1. The second kappa shape index (κ2) is 6.16. The lowest BCUT2D eigenvalue weighted by molar-refractivity contribution is -0.222. The van der Waals surface area contributed by atoms with Crippen molar-refractivity contribution >= 4 is 11.8 Å². The van der Waals surface area contributed by atoms with Gasteiger partial charge in [0.25, 0.3) is 0 Å². The molecule has 0 aromatic rings. The van der Waals surface area contributed by atoms with Crippen molar-refractivity contribution in [1.29, 1.82) is 0 Å². The van der Waals surface area contributed by atoms with Gasteiger partial charge in [-0.1, -0.05) is 13.8 Å². The zero-order valence-electron chi connectivity index (χ0n) is 18.1. The largest absolute Gasteiger partial charge is 0.351 e. The quantitative estimate of drug-likeness (QED) is 0.399. The van der Waals surface area contributed by atoms with Crippen molar-refractivity contribution in [1.82, 2.24) is 0 Å². The molecule has 157 valence electrons. The highest BCUT2D eigenvalue weighted by Crippen LogP contribution is 2.71. The minimum absolute atomic E-state index is 0.500. The third-order valence-electron chi connectivity index (χ3n) is 11.4. The molecule has 6 aliphatic rings. The summed E-state index contributed by atoms with van der Waals surface area (Å²) in [6, 6.07) is 0. The van der Waals surface area contributed by atoms with E-state index in [0.717, 1.165) is 59.4 Å². The van der Waals surface area contributed by atoms with E-state index in [9.17, 15) is 5.11 Å². The summed E-state index contributed by atoms with van der Waals surface area (Å²) in [5, 5.41) is 14.8. The van der Waals surface area contributed by atoms with Gasteiger partial charge < -0.3 is 4.74 Å². The van der Waals surface area contributed by atoms with E-state index in [2.05, 4.69) is 25.6 Å². The highest BCUT2D eigenvalue weighted by atomic mass is 32.2. The molecule has 0 N–H and O–H groups in total. The van der Waals surface area contributed by atoms with Gasteiger partial charge in [-0.25, -0.2) is 0 Å². The Labute approximate surface area is 175 Å². The number of hydrogen-bond donors (Lipinski definition) is 0. The van der Waals surface area contributed by atoms with E-state index in [1.807, 2.05) is 0 Å². The van der Waals surface area contributed by atoms with E-state index >= 15 is 0 Å². The van der Waals surface area contributed by atoms with E-state index in [0.29, 0.717) is 16.7 Å². The first-order chi connectivity index (χ1) is 13.4. The van der Waals surface area contributed by atoms with Gasteiger partial charge in [0.1, 0.15) is 0 Å². The van der Waals surface area contributed by atoms with Crippen LogP contribution in [0.15, 0.2) is 0 Å². The third kappa shape index (κ3) is 2.54. The molecule has 11 atom stereocenters. The van der Waals surface area contributed by atoms with Gasteiger partial charge >= 0.3 is 0 Å². The Morgan fingerprint density at radius 1 is 0.821 bits per heavy atom. The van der Waals surface area contributed by atoms with E-state index in [4.69, 9.17) is 4.74 Å². The van der Waals surface area contributed by atoms with Crippen LogP contribution in [0.2, 0.25) is 0 Å². The van der Waals surface area contributed by atoms with E-state index < -0.39 is 5.79 Å². The summed E-state index contributed by atoms with van der Waals surface area (Å²) in [6.45, 7) is 5.35. The average molecular weight is 404 g/mol. The molecule has 6 fully saturated rings. The van der Waals surface area contributed by atoms with Gasteiger partial charge in [-0.15, -0.1) is 0 Å². The molecule has 0 aromatic heterocycles. The molecule has 1 radical (unpaired) electrons.